The van der Waals surface area contributed by atoms with Crippen molar-refractivity contribution in [2.24, 2.45) is 0 Å². The SMILES string of the molecule is Cc1c(N2CCc3ncc(Nc4cc(F)cc(F)c4F)cc3C2)nn2c(C(F)(F)F)nnc2c1C. The normalized spacial score (nSPS) is 13.9. The van der Waals surface area contributed by atoms with Gasteiger partial charge in [0.1, 0.15) is 5.82 Å². The summed E-state index contributed by atoms with van der Waals surface area (Å²) in [6, 6.07) is 2.92. The van der Waals surface area contributed by atoms with E-state index in [2.05, 4.69) is 25.6 Å². The van der Waals surface area contributed by atoms with Gasteiger partial charge in [0.05, 0.1) is 17.6 Å². The van der Waals surface area contributed by atoms with Crippen LogP contribution in [0.1, 0.15) is 28.2 Å². The standard InChI is InChI=1S/C22H17F6N7/c1-10-11(2)20(33-35-19(10)31-32-21(35)22(26,27)28)34-4-3-16-12(9-34)5-14(8-29-16)30-17-7-13(23)6-15(24)18(17)25/h5-8,30H,3-4,9H2,1-2H3. The molecule has 4 aromatic rings. The van der Waals surface area contributed by atoms with E-state index in [0.717, 1.165) is 11.8 Å². The van der Waals surface area contributed by atoms with Crippen LogP contribution in [0, 0.1) is 31.3 Å². The van der Waals surface area contributed by atoms with Crippen molar-refractivity contribution < 1.29 is 26.3 Å². The van der Waals surface area contributed by atoms with Crippen molar-refractivity contribution in [3.05, 3.63) is 70.1 Å². The lowest BCUT2D eigenvalue weighted by Gasteiger charge is -2.31. The summed E-state index contributed by atoms with van der Waals surface area (Å²) in [5.74, 6) is -4.38. The van der Waals surface area contributed by atoms with Crippen LogP contribution in [0.4, 0.5) is 43.5 Å². The zero-order valence-corrected chi connectivity index (χ0v) is 18.4. The van der Waals surface area contributed by atoms with Crippen molar-refractivity contribution in [2.45, 2.75) is 33.0 Å². The van der Waals surface area contributed by atoms with Crippen molar-refractivity contribution in [2.75, 3.05) is 16.8 Å². The number of halogens is 6. The zero-order chi connectivity index (χ0) is 25.1. The van der Waals surface area contributed by atoms with E-state index in [1.807, 2.05) is 0 Å². The summed E-state index contributed by atoms with van der Waals surface area (Å²) in [7, 11) is 0. The molecular formula is C22H17F6N7. The van der Waals surface area contributed by atoms with Crippen LogP contribution in [-0.4, -0.2) is 31.3 Å². The Hall–Kier alpha value is -3.90. The van der Waals surface area contributed by atoms with Gasteiger partial charge in [-0.15, -0.1) is 15.3 Å². The van der Waals surface area contributed by atoms with Crippen LogP contribution in [0.2, 0.25) is 0 Å². The highest BCUT2D eigenvalue weighted by Crippen LogP contribution is 2.33. The molecule has 1 aromatic carbocycles. The number of alkyl halides is 3. The van der Waals surface area contributed by atoms with E-state index < -0.39 is 29.5 Å². The molecule has 0 amide bonds. The van der Waals surface area contributed by atoms with E-state index in [1.54, 1.807) is 24.8 Å². The maximum atomic E-state index is 14.1. The van der Waals surface area contributed by atoms with E-state index in [4.69, 9.17) is 0 Å². The fourth-order valence-electron chi connectivity index (χ4n) is 4.07. The number of hydrogen-bond donors (Lipinski definition) is 1. The maximum absolute atomic E-state index is 14.1. The Bertz CT molecular complexity index is 1460. The minimum Gasteiger partial charge on any atom is -0.352 e. The van der Waals surface area contributed by atoms with E-state index in [1.165, 1.54) is 6.20 Å². The summed E-state index contributed by atoms with van der Waals surface area (Å²) in [5, 5.41) is 13.7. The van der Waals surface area contributed by atoms with E-state index in [-0.39, 0.29) is 17.9 Å². The topological polar surface area (TPSA) is 71.2 Å². The largest absolute Gasteiger partial charge is 0.453 e. The van der Waals surface area contributed by atoms with Crippen molar-refractivity contribution in [3.8, 4) is 0 Å². The number of anilines is 3. The van der Waals surface area contributed by atoms with Gasteiger partial charge in [0.2, 0.25) is 0 Å². The van der Waals surface area contributed by atoms with Gasteiger partial charge in [-0.3, -0.25) is 4.98 Å². The molecule has 0 spiro atoms. The van der Waals surface area contributed by atoms with E-state index in [9.17, 15) is 26.3 Å². The summed E-state index contributed by atoms with van der Waals surface area (Å²) in [6.45, 7) is 4.09. The molecule has 1 aliphatic rings. The molecule has 0 saturated heterocycles. The van der Waals surface area contributed by atoms with Gasteiger partial charge in [-0.2, -0.15) is 17.7 Å². The van der Waals surface area contributed by atoms with Crippen LogP contribution >= 0.6 is 0 Å². The van der Waals surface area contributed by atoms with E-state index in [0.29, 0.717) is 51.7 Å². The molecule has 3 aromatic heterocycles. The minimum absolute atomic E-state index is 0.0217. The number of aryl methyl sites for hydroxylation is 1. The van der Waals surface area contributed by atoms with Gasteiger partial charge in [-0.1, -0.05) is 0 Å². The van der Waals surface area contributed by atoms with Gasteiger partial charge in [0.15, 0.2) is 23.1 Å². The molecule has 0 saturated carbocycles. The van der Waals surface area contributed by atoms with Crippen molar-refractivity contribution in [1.29, 1.82) is 0 Å². The molecule has 0 fully saturated rings. The number of nitrogens with zero attached hydrogens (tertiary/aromatic N) is 6. The molecule has 0 bridgehead atoms. The average molecular weight is 493 g/mol. The van der Waals surface area contributed by atoms with Crippen molar-refractivity contribution in [3.63, 3.8) is 0 Å². The van der Waals surface area contributed by atoms with Crippen LogP contribution in [-0.2, 0) is 19.1 Å². The Kier molecular flexibility index (Phi) is 5.29. The van der Waals surface area contributed by atoms with Gasteiger partial charge in [-0.05, 0) is 25.5 Å². The number of aromatic nitrogens is 5. The zero-order valence-electron chi connectivity index (χ0n) is 18.4. The highest BCUT2D eigenvalue weighted by molar-refractivity contribution is 5.63. The van der Waals surface area contributed by atoms with Crippen molar-refractivity contribution in [1.82, 2.24) is 24.8 Å². The van der Waals surface area contributed by atoms with Crippen LogP contribution in [0.3, 0.4) is 0 Å². The summed E-state index contributed by atoms with van der Waals surface area (Å²) in [5.41, 5.74) is 2.55. The fraction of sp³-hybridized carbons (Fsp3) is 0.273. The molecule has 0 atom stereocenters. The second kappa shape index (κ2) is 8.10. The highest BCUT2D eigenvalue weighted by atomic mass is 19.4. The third kappa shape index (κ3) is 4.00. The second-order valence-corrected chi connectivity index (χ2v) is 8.21. The molecule has 35 heavy (non-hydrogen) atoms. The number of benzene rings is 1. The first-order chi connectivity index (χ1) is 16.5. The highest BCUT2D eigenvalue weighted by Gasteiger charge is 2.38. The Morgan fingerprint density at radius 1 is 1.00 bits per heavy atom. The molecule has 4 heterocycles. The number of hydrogen-bond acceptors (Lipinski definition) is 6. The molecule has 182 valence electrons. The molecular weight excluding hydrogens is 476 g/mol. The third-order valence-electron chi connectivity index (χ3n) is 5.93. The first kappa shape index (κ1) is 22.9. The smallest absolute Gasteiger partial charge is 0.352 e. The molecule has 13 heteroatoms. The number of pyridine rings is 1. The van der Waals surface area contributed by atoms with Gasteiger partial charge in [-0.25, -0.2) is 13.2 Å². The van der Waals surface area contributed by atoms with Crippen molar-refractivity contribution >= 4 is 22.8 Å². The van der Waals surface area contributed by atoms with Gasteiger partial charge in [0, 0.05) is 48.5 Å². The first-order valence-electron chi connectivity index (χ1n) is 10.5. The minimum atomic E-state index is -4.73. The van der Waals surface area contributed by atoms with Gasteiger partial charge < -0.3 is 10.2 Å². The lowest BCUT2D eigenvalue weighted by molar-refractivity contribution is -0.146. The first-order valence-corrected chi connectivity index (χ1v) is 10.5. The molecule has 7 nitrogen and oxygen atoms in total. The van der Waals surface area contributed by atoms with E-state index >= 15 is 0 Å². The number of fused-ring (bicyclic) bond motifs is 2. The molecule has 1 aliphatic heterocycles. The predicted octanol–water partition coefficient (Wildman–Crippen LogP) is 4.88. The fourth-order valence-corrected chi connectivity index (χ4v) is 4.07. The lowest BCUT2D eigenvalue weighted by Crippen LogP contribution is -2.33. The van der Waals surface area contributed by atoms with Gasteiger partial charge in [0.25, 0.3) is 5.82 Å². The van der Waals surface area contributed by atoms with Gasteiger partial charge >= 0.3 is 6.18 Å². The summed E-state index contributed by atoms with van der Waals surface area (Å²) >= 11 is 0. The quantitative estimate of drug-likeness (QED) is 0.324. The molecule has 0 aliphatic carbocycles. The predicted molar refractivity (Wildman–Crippen MR) is 114 cm³/mol. The Labute approximate surface area is 194 Å². The summed E-state index contributed by atoms with van der Waals surface area (Å²) in [4.78, 5) is 6.16. The number of nitrogens with one attached hydrogen (secondary N) is 1. The second-order valence-electron chi connectivity index (χ2n) is 8.21. The number of rotatable bonds is 3. The Morgan fingerprint density at radius 2 is 1.77 bits per heavy atom. The Balaban J connectivity index is 1.49. The third-order valence-corrected chi connectivity index (χ3v) is 5.93. The van der Waals surface area contributed by atoms with Crippen LogP contribution in [0.25, 0.3) is 5.65 Å². The summed E-state index contributed by atoms with van der Waals surface area (Å²) < 4.78 is 82.0. The molecule has 0 unspecified atom stereocenters. The molecule has 5 rings (SSSR count). The maximum Gasteiger partial charge on any atom is 0.453 e. The Morgan fingerprint density at radius 3 is 2.51 bits per heavy atom. The molecule has 0 radical (unpaired) electrons. The lowest BCUT2D eigenvalue weighted by atomic mass is 10.0. The summed E-state index contributed by atoms with van der Waals surface area (Å²) in [6.07, 6.45) is -2.83. The average Bonchev–Trinajstić information content (AvgIpc) is 3.24. The van der Waals surface area contributed by atoms with Crippen LogP contribution in [0.5, 0.6) is 0 Å². The van der Waals surface area contributed by atoms with Crippen LogP contribution < -0.4 is 10.2 Å². The molecule has 1 N–H and O–H groups in total. The van der Waals surface area contributed by atoms with Crippen LogP contribution in [0.15, 0.2) is 24.4 Å². The monoisotopic (exact) mass is 493 g/mol.